The fourth-order valence-corrected chi connectivity index (χ4v) is 6.81. The molecule has 2 atom stereocenters. The van der Waals surface area contributed by atoms with Crippen LogP contribution < -0.4 is 20.3 Å². The van der Waals surface area contributed by atoms with E-state index in [2.05, 4.69) is 15.3 Å². The van der Waals surface area contributed by atoms with Crippen LogP contribution in [0.5, 0.6) is 11.5 Å². The molecule has 3 aromatic heterocycles. The molecule has 1 aliphatic rings. The van der Waals surface area contributed by atoms with Crippen LogP contribution in [-0.2, 0) is 4.79 Å². The number of carbonyl (C=O) groups is 1. The molecule has 0 bridgehead atoms. The van der Waals surface area contributed by atoms with E-state index in [1.165, 1.54) is 11.3 Å². The Balaban J connectivity index is 1.33. The van der Waals surface area contributed by atoms with E-state index in [1.807, 2.05) is 61.5 Å². The van der Waals surface area contributed by atoms with E-state index in [-0.39, 0.29) is 17.7 Å². The predicted molar refractivity (Wildman–Crippen MR) is 157 cm³/mol. The van der Waals surface area contributed by atoms with Crippen LogP contribution in [0.1, 0.15) is 44.6 Å². The molecule has 0 radical (unpaired) electrons. The molecule has 1 fully saturated rings. The number of aliphatic hydroxyl groups is 1. The topological polar surface area (TPSA) is 106 Å². The third kappa shape index (κ3) is 5.04. The highest BCUT2D eigenvalue weighted by atomic mass is 32.1. The second kappa shape index (κ2) is 10.7. The Morgan fingerprint density at radius 3 is 2.75 bits per heavy atom. The highest BCUT2D eigenvalue weighted by Gasteiger charge is 2.25. The van der Waals surface area contributed by atoms with E-state index >= 15 is 0 Å². The number of rotatable bonds is 7. The number of carbonyl (C=O) groups excluding carboxylic acids is 1. The first kappa shape index (κ1) is 26.0. The number of nitrogens with zero attached hydrogens (tertiary/aromatic N) is 3. The molecule has 1 aliphatic carbocycles. The van der Waals surface area contributed by atoms with Gasteiger partial charge < -0.3 is 15.2 Å². The first-order valence-electron chi connectivity index (χ1n) is 13.5. The maximum Gasteiger partial charge on any atom is 0.353 e. The predicted octanol–water partition coefficient (Wildman–Crippen LogP) is 5.57. The Hall–Kier alpha value is -4.24. The van der Waals surface area contributed by atoms with E-state index < -0.39 is 5.69 Å². The van der Waals surface area contributed by atoms with Gasteiger partial charge in [-0.05, 0) is 80.5 Å². The standard InChI is InChI=1S/C31H30N4O4S/c1-18-16-23(39-22-6-4-3-5-7-22)11-12-24(18)35-25-14-15-32-30-27(25)28(34-31(35)38)29(40-30)26(37)13-9-20-8-10-21(17-20)33-19(2)36/h3-7,11-12,14-16,20-21,37H,8-10,13,17H2,1-2H3,(H,33,36)/t20-,21-/m1/s1. The Morgan fingerprint density at radius 1 is 1.15 bits per heavy atom. The SMILES string of the molecule is CC(=O)N[C@@H]1CC[C@H](CCC(O)=c2sc3nccc4c3c2nc(=O)n4-c2ccc(Oc3ccccc3)cc2C)C1. The number of hydrogen-bond donors (Lipinski definition) is 2. The van der Waals surface area contributed by atoms with Gasteiger partial charge in [0.15, 0.2) is 0 Å². The molecular formula is C31H30N4O4S. The molecule has 2 aromatic carbocycles. The smallest absolute Gasteiger partial charge is 0.353 e. The first-order valence-corrected chi connectivity index (χ1v) is 14.3. The fourth-order valence-electron chi connectivity index (χ4n) is 5.74. The number of aromatic nitrogens is 3. The fraction of sp³-hybridized carbons (Fsp3) is 0.290. The number of ether oxygens (including phenoxy) is 1. The summed E-state index contributed by atoms with van der Waals surface area (Å²) < 4.78 is 8.17. The van der Waals surface area contributed by atoms with Crippen LogP contribution in [0.2, 0.25) is 0 Å². The summed E-state index contributed by atoms with van der Waals surface area (Å²) in [5.74, 6) is 2.08. The maximum atomic E-state index is 13.5. The number of aryl methyl sites for hydroxylation is 1. The number of para-hydroxylation sites is 1. The molecular weight excluding hydrogens is 524 g/mol. The van der Waals surface area contributed by atoms with Gasteiger partial charge in [-0.2, -0.15) is 4.98 Å². The second-order valence-corrected chi connectivity index (χ2v) is 11.4. The van der Waals surface area contributed by atoms with Crippen LogP contribution in [-0.4, -0.2) is 31.6 Å². The van der Waals surface area contributed by atoms with Crippen LogP contribution in [0.3, 0.4) is 0 Å². The molecule has 2 N–H and O–H groups in total. The highest BCUT2D eigenvalue weighted by Crippen LogP contribution is 2.32. The van der Waals surface area contributed by atoms with Crippen LogP contribution in [0, 0.1) is 12.8 Å². The first-order chi connectivity index (χ1) is 19.4. The van der Waals surface area contributed by atoms with E-state index in [1.54, 1.807) is 17.7 Å². The summed E-state index contributed by atoms with van der Waals surface area (Å²) in [5, 5.41) is 14.9. The van der Waals surface area contributed by atoms with Crippen molar-refractivity contribution in [2.75, 3.05) is 0 Å². The normalized spacial score (nSPS) is 17.9. The minimum Gasteiger partial charge on any atom is -0.511 e. The lowest BCUT2D eigenvalue weighted by atomic mass is 10.0. The van der Waals surface area contributed by atoms with Gasteiger partial charge in [0, 0.05) is 25.6 Å². The molecule has 8 nitrogen and oxygen atoms in total. The highest BCUT2D eigenvalue weighted by molar-refractivity contribution is 7.17. The Morgan fingerprint density at radius 2 is 1.98 bits per heavy atom. The van der Waals surface area contributed by atoms with Crippen molar-refractivity contribution < 1.29 is 14.6 Å². The van der Waals surface area contributed by atoms with Crippen molar-refractivity contribution >= 4 is 44.3 Å². The number of pyridine rings is 1. The summed E-state index contributed by atoms with van der Waals surface area (Å²) in [6, 6.07) is 17.2. The zero-order valence-corrected chi connectivity index (χ0v) is 23.2. The van der Waals surface area contributed by atoms with Crippen LogP contribution in [0.25, 0.3) is 32.7 Å². The van der Waals surface area contributed by atoms with Crippen molar-refractivity contribution in [3.8, 4) is 17.2 Å². The third-order valence-corrected chi connectivity index (χ3v) is 8.71. The van der Waals surface area contributed by atoms with Gasteiger partial charge in [0.2, 0.25) is 5.91 Å². The molecule has 1 saturated carbocycles. The molecule has 5 aromatic rings. The Bertz CT molecular complexity index is 1830. The van der Waals surface area contributed by atoms with Crippen molar-refractivity contribution in [2.45, 2.75) is 52.0 Å². The lowest BCUT2D eigenvalue weighted by Crippen LogP contribution is -2.30. The van der Waals surface area contributed by atoms with Crippen molar-refractivity contribution in [2.24, 2.45) is 5.92 Å². The summed E-state index contributed by atoms with van der Waals surface area (Å²) in [6.07, 6.45) is 5.90. The number of thiophene rings is 1. The third-order valence-electron chi connectivity index (χ3n) is 7.57. The quantitative estimate of drug-likeness (QED) is 0.273. The largest absolute Gasteiger partial charge is 0.511 e. The molecule has 204 valence electrons. The summed E-state index contributed by atoms with van der Waals surface area (Å²) in [5.41, 5.74) is 2.35. The van der Waals surface area contributed by atoms with Crippen molar-refractivity contribution in [1.29, 1.82) is 0 Å². The molecule has 0 unspecified atom stereocenters. The molecule has 6 rings (SSSR count). The maximum absolute atomic E-state index is 13.5. The van der Waals surface area contributed by atoms with Gasteiger partial charge in [-0.15, -0.1) is 11.3 Å². The van der Waals surface area contributed by atoms with Gasteiger partial charge in [0.25, 0.3) is 0 Å². The van der Waals surface area contributed by atoms with Gasteiger partial charge in [0.1, 0.15) is 27.6 Å². The van der Waals surface area contributed by atoms with E-state index in [9.17, 15) is 14.7 Å². The number of nitrogens with one attached hydrogen (secondary N) is 1. The lowest BCUT2D eigenvalue weighted by Gasteiger charge is -2.14. The van der Waals surface area contributed by atoms with Crippen molar-refractivity contribution in [3.63, 3.8) is 0 Å². The van der Waals surface area contributed by atoms with Gasteiger partial charge in [-0.1, -0.05) is 18.2 Å². The summed E-state index contributed by atoms with van der Waals surface area (Å²) in [7, 11) is 0. The number of hydrogen-bond acceptors (Lipinski definition) is 7. The monoisotopic (exact) mass is 554 g/mol. The Labute approximate surface area is 235 Å². The van der Waals surface area contributed by atoms with E-state index in [4.69, 9.17) is 4.74 Å². The van der Waals surface area contributed by atoms with Crippen molar-refractivity contribution in [1.82, 2.24) is 19.9 Å². The minimum absolute atomic E-state index is 0.000264. The van der Waals surface area contributed by atoms with Crippen LogP contribution >= 0.6 is 11.3 Å². The van der Waals surface area contributed by atoms with Gasteiger partial charge in [-0.3, -0.25) is 9.36 Å². The van der Waals surface area contributed by atoms with Crippen molar-refractivity contribution in [3.05, 3.63) is 81.4 Å². The van der Waals surface area contributed by atoms with Crippen LogP contribution in [0.4, 0.5) is 0 Å². The molecule has 0 saturated heterocycles. The average Bonchev–Trinajstić information content (AvgIpc) is 3.53. The summed E-state index contributed by atoms with van der Waals surface area (Å²) in [4.78, 5) is 34.6. The van der Waals surface area contributed by atoms with Gasteiger partial charge >= 0.3 is 5.69 Å². The molecule has 40 heavy (non-hydrogen) atoms. The zero-order chi connectivity index (χ0) is 27.8. The van der Waals surface area contributed by atoms with E-state index in [0.29, 0.717) is 39.3 Å². The van der Waals surface area contributed by atoms with Gasteiger partial charge in [-0.25, -0.2) is 9.78 Å². The molecule has 3 heterocycles. The number of aliphatic hydroxyl groups excluding tert-OH is 1. The number of benzene rings is 2. The zero-order valence-electron chi connectivity index (χ0n) is 22.4. The summed E-state index contributed by atoms with van der Waals surface area (Å²) >= 11 is 1.36. The number of amides is 1. The van der Waals surface area contributed by atoms with Crippen LogP contribution in [0.15, 0.2) is 65.6 Å². The Kier molecular flexibility index (Phi) is 6.98. The lowest BCUT2D eigenvalue weighted by molar-refractivity contribution is -0.119. The molecule has 0 aliphatic heterocycles. The molecule has 9 heteroatoms. The summed E-state index contributed by atoms with van der Waals surface area (Å²) in [6.45, 7) is 3.48. The minimum atomic E-state index is -0.416. The van der Waals surface area contributed by atoms with E-state index in [0.717, 1.165) is 47.2 Å². The second-order valence-electron chi connectivity index (χ2n) is 10.4. The molecule has 0 spiro atoms. The van der Waals surface area contributed by atoms with Gasteiger partial charge in [0.05, 0.1) is 21.1 Å². The average molecular weight is 555 g/mol. The molecule has 1 amide bonds.